The van der Waals surface area contributed by atoms with E-state index in [0.717, 1.165) is 16.1 Å². The van der Waals surface area contributed by atoms with Crippen LogP contribution in [0.3, 0.4) is 0 Å². The van der Waals surface area contributed by atoms with E-state index >= 15 is 0 Å². The first-order chi connectivity index (χ1) is 12.5. The molecule has 0 spiro atoms. The van der Waals surface area contributed by atoms with Crippen molar-refractivity contribution >= 4 is 23.0 Å². The Morgan fingerprint density at radius 1 is 1.31 bits per heavy atom. The molecule has 8 heteroatoms. The summed E-state index contributed by atoms with van der Waals surface area (Å²) in [4.78, 5) is 14.4. The molecule has 3 aromatic rings. The molecule has 134 valence electrons. The van der Waals surface area contributed by atoms with Gasteiger partial charge in [0.2, 0.25) is 0 Å². The second-order valence-corrected chi connectivity index (χ2v) is 6.89. The monoisotopic (exact) mass is 370 g/mol. The highest BCUT2D eigenvalue weighted by atomic mass is 32.1. The summed E-state index contributed by atoms with van der Waals surface area (Å²) in [7, 11) is 1.47. The van der Waals surface area contributed by atoms with Gasteiger partial charge >= 0.3 is 0 Å². The molecule has 0 aliphatic heterocycles. The number of carbonyl (C=O) groups is 1. The summed E-state index contributed by atoms with van der Waals surface area (Å²) in [6.07, 6.45) is 0. The average molecular weight is 370 g/mol. The number of phenolic OH excluding ortho intramolecular Hbond substituents is 1. The molecule has 0 atom stereocenters. The molecule has 2 aromatic heterocycles. The van der Waals surface area contributed by atoms with Gasteiger partial charge in [0.1, 0.15) is 0 Å². The summed E-state index contributed by atoms with van der Waals surface area (Å²) in [5.41, 5.74) is 4.82. The maximum atomic E-state index is 12.2. The van der Waals surface area contributed by atoms with E-state index in [1.807, 2.05) is 19.1 Å². The van der Waals surface area contributed by atoms with Gasteiger partial charge in [-0.25, -0.2) is 5.43 Å². The van der Waals surface area contributed by atoms with Crippen molar-refractivity contribution in [1.82, 2.24) is 15.6 Å². The fraction of sp³-hybridized carbons (Fsp3) is 0.167. The fourth-order valence-electron chi connectivity index (χ4n) is 2.30. The van der Waals surface area contributed by atoms with E-state index < -0.39 is 5.91 Å². The van der Waals surface area contributed by atoms with Crippen LogP contribution in [0.2, 0.25) is 0 Å². The van der Waals surface area contributed by atoms with Gasteiger partial charge in [0.15, 0.2) is 17.2 Å². The molecule has 0 saturated carbocycles. The van der Waals surface area contributed by atoms with Crippen LogP contribution in [0.15, 0.2) is 41.5 Å². The summed E-state index contributed by atoms with van der Waals surface area (Å²) < 4.78 is 5.07. The maximum Gasteiger partial charge on any atom is 0.291 e. The number of benzene rings is 1. The first-order valence-corrected chi connectivity index (χ1v) is 8.64. The van der Waals surface area contributed by atoms with Crippen LogP contribution in [0.25, 0.3) is 10.6 Å². The Kier molecular flexibility index (Phi) is 5.04. The Hall–Kier alpha value is -3.13. The van der Waals surface area contributed by atoms with Gasteiger partial charge in [0.25, 0.3) is 5.91 Å². The Balaban J connectivity index is 1.72. The van der Waals surface area contributed by atoms with Crippen LogP contribution < -0.4 is 10.2 Å². The van der Waals surface area contributed by atoms with E-state index in [4.69, 9.17) is 4.74 Å². The van der Waals surface area contributed by atoms with E-state index in [-0.39, 0.29) is 11.4 Å². The van der Waals surface area contributed by atoms with Crippen LogP contribution in [0.4, 0.5) is 0 Å². The minimum absolute atomic E-state index is 0.0425. The van der Waals surface area contributed by atoms with Gasteiger partial charge in [0, 0.05) is 10.4 Å². The number of aryl methyl sites for hydroxylation is 1. The molecule has 0 unspecified atom stereocenters. The molecule has 26 heavy (non-hydrogen) atoms. The summed E-state index contributed by atoms with van der Waals surface area (Å²) in [6.45, 7) is 3.77. The predicted molar refractivity (Wildman–Crippen MR) is 101 cm³/mol. The van der Waals surface area contributed by atoms with E-state index in [2.05, 4.69) is 20.7 Å². The molecule has 0 saturated heterocycles. The van der Waals surface area contributed by atoms with Gasteiger partial charge in [-0.2, -0.15) is 10.2 Å². The number of hydrogen-bond donors (Lipinski definition) is 3. The number of rotatable bonds is 5. The number of hydrogen-bond acceptors (Lipinski definition) is 6. The van der Waals surface area contributed by atoms with Crippen molar-refractivity contribution < 1.29 is 14.6 Å². The van der Waals surface area contributed by atoms with Gasteiger partial charge in [0.05, 0.1) is 23.4 Å². The second kappa shape index (κ2) is 7.40. The SMILES string of the molecule is COc1cc(/C(C)=N\NC(=O)c2cc(-c3ccc(C)s3)[nH]n2)ccc1O. The summed E-state index contributed by atoms with van der Waals surface area (Å²) in [5.74, 6) is -0.0293. The number of amides is 1. The lowest BCUT2D eigenvalue weighted by Crippen LogP contribution is -2.19. The van der Waals surface area contributed by atoms with Gasteiger partial charge in [-0.15, -0.1) is 11.3 Å². The molecule has 3 rings (SSSR count). The van der Waals surface area contributed by atoms with Gasteiger partial charge < -0.3 is 9.84 Å². The largest absolute Gasteiger partial charge is 0.504 e. The zero-order valence-electron chi connectivity index (χ0n) is 14.5. The normalized spacial score (nSPS) is 11.4. The molecule has 0 fully saturated rings. The Morgan fingerprint density at radius 2 is 2.12 bits per heavy atom. The van der Waals surface area contributed by atoms with Crippen LogP contribution >= 0.6 is 11.3 Å². The number of carbonyl (C=O) groups excluding carboxylic acids is 1. The Labute approximate surface area is 154 Å². The van der Waals surface area contributed by atoms with Crippen LogP contribution in [-0.2, 0) is 0 Å². The number of methoxy groups -OCH3 is 1. The van der Waals surface area contributed by atoms with E-state index in [0.29, 0.717) is 11.5 Å². The minimum Gasteiger partial charge on any atom is -0.504 e. The highest BCUT2D eigenvalue weighted by molar-refractivity contribution is 7.15. The summed E-state index contributed by atoms with van der Waals surface area (Å²) in [6, 6.07) is 10.5. The number of nitrogens with zero attached hydrogens (tertiary/aromatic N) is 2. The van der Waals surface area contributed by atoms with Gasteiger partial charge in [-0.3, -0.25) is 9.89 Å². The van der Waals surface area contributed by atoms with Crippen molar-refractivity contribution in [1.29, 1.82) is 0 Å². The molecule has 7 nitrogen and oxygen atoms in total. The van der Waals surface area contributed by atoms with E-state index in [1.54, 1.807) is 36.5 Å². The molecule has 0 radical (unpaired) electrons. The quantitative estimate of drug-likeness (QED) is 0.474. The zero-order valence-corrected chi connectivity index (χ0v) is 15.3. The fourth-order valence-corrected chi connectivity index (χ4v) is 3.14. The van der Waals surface area contributed by atoms with Crippen molar-refractivity contribution in [3.8, 4) is 22.1 Å². The summed E-state index contributed by atoms with van der Waals surface area (Å²) in [5, 5.41) is 20.6. The van der Waals surface area contributed by atoms with Gasteiger partial charge in [-0.05, 0) is 50.2 Å². The highest BCUT2D eigenvalue weighted by Crippen LogP contribution is 2.27. The lowest BCUT2D eigenvalue weighted by molar-refractivity contribution is 0.0950. The van der Waals surface area contributed by atoms with Crippen molar-refractivity contribution in [3.63, 3.8) is 0 Å². The standard InChI is InChI=1S/C18H18N4O3S/c1-10-4-7-17(26-10)13-9-14(21-20-13)18(24)22-19-11(2)12-5-6-15(23)16(8-12)25-3/h4-9,23H,1-3H3,(H,20,21)(H,22,24)/b19-11-. The number of nitrogens with one attached hydrogen (secondary N) is 2. The molecule has 2 heterocycles. The molecular formula is C18H18N4O3S. The highest BCUT2D eigenvalue weighted by Gasteiger charge is 2.12. The van der Waals surface area contributed by atoms with Crippen LogP contribution in [0.1, 0.15) is 27.9 Å². The number of ether oxygens (including phenoxy) is 1. The predicted octanol–water partition coefficient (Wildman–Crippen LogP) is 3.31. The second-order valence-electron chi connectivity index (χ2n) is 5.60. The number of H-pyrrole nitrogens is 1. The molecule has 3 N–H and O–H groups in total. The van der Waals surface area contributed by atoms with Crippen LogP contribution in [0.5, 0.6) is 11.5 Å². The van der Waals surface area contributed by atoms with E-state index in [9.17, 15) is 9.90 Å². The maximum absolute atomic E-state index is 12.2. The molecule has 1 amide bonds. The molecule has 0 bridgehead atoms. The smallest absolute Gasteiger partial charge is 0.291 e. The van der Waals surface area contributed by atoms with Crippen molar-refractivity contribution in [2.75, 3.05) is 7.11 Å². The molecular weight excluding hydrogens is 352 g/mol. The lowest BCUT2D eigenvalue weighted by atomic mass is 10.1. The topological polar surface area (TPSA) is 99.6 Å². The first kappa shape index (κ1) is 17.7. The summed E-state index contributed by atoms with van der Waals surface area (Å²) >= 11 is 1.62. The zero-order chi connectivity index (χ0) is 18.7. The third-order valence-electron chi connectivity index (χ3n) is 3.74. The number of aromatic hydroxyl groups is 1. The number of aromatic nitrogens is 2. The Morgan fingerprint density at radius 3 is 2.81 bits per heavy atom. The number of thiophene rings is 1. The van der Waals surface area contributed by atoms with Crippen molar-refractivity contribution in [2.24, 2.45) is 5.10 Å². The molecule has 1 aromatic carbocycles. The molecule has 0 aliphatic rings. The van der Waals surface area contributed by atoms with Gasteiger partial charge in [-0.1, -0.05) is 0 Å². The van der Waals surface area contributed by atoms with Crippen molar-refractivity contribution in [3.05, 3.63) is 52.5 Å². The third-order valence-corrected chi connectivity index (χ3v) is 4.77. The first-order valence-electron chi connectivity index (χ1n) is 7.82. The Bertz CT molecular complexity index is 974. The number of hydrazone groups is 1. The minimum atomic E-state index is -0.411. The van der Waals surface area contributed by atoms with Crippen LogP contribution in [-0.4, -0.2) is 34.0 Å². The number of aromatic amines is 1. The average Bonchev–Trinajstić information content (AvgIpc) is 3.28. The lowest BCUT2D eigenvalue weighted by Gasteiger charge is -2.06. The third kappa shape index (κ3) is 3.75. The van der Waals surface area contributed by atoms with E-state index in [1.165, 1.54) is 18.1 Å². The van der Waals surface area contributed by atoms with Crippen LogP contribution in [0, 0.1) is 6.92 Å². The number of phenols is 1. The van der Waals surface area contributed by atoms with Crippen molar-refractivity contribution in [2.45, 2.75) is 13.8 Å². The molecule has 0 aliphatic carbocycles.